The lowest BCUT2D eigenvalue weighted by Gasteiger charge is -2.36. The van der Waals surface area contributed by atoms with Gasteiger partial charge in [-0.15, -0.1) is 0 Å². The second-order valence-electron chi connectivity index (χ2n) is 8.82. The number of hydrogen-bond acceptors (Lipinski definition) is 5. The molecule has 1 heterocycles. The molecule has 3 fully saturated rings. The van der Waals surface area contributed by atoms with Crippen molar-refractivity contribution >= 4 is 23.8 Å². The highest BCUT2D eigenvalue weighted by atomic mass is 19.4. The molecule has 1 aliphatic heterocycles. The number of amides is 4. The van der Waals surface area contributed by atoms with Crippen LogP contribution in [0.5, 0.6) is 0 Å². The van der Waals surface area contributed by atoms with Crippen LogP contribution in [0.3, 0.4) is 0 Å². The van der Waals surface area contributed by atoms with E-state index in [4.69, 9.17) is 4.74 Å². The van der Waals surface area contributed by atoms with Gasteiger partial charge in [-0.05, 0) is 44.4 Å². The average Bonchev–Trinajstić information content (AvgIpc) is 3.50. The molecule has 0 radical (unpaired) electrons. The molecule has 31 heavy (non-hydrogen) atoms. The van der Waals surface area contributed by atoms with Crippen LogP contribution in [-0.2, 0) is 19.1 Å². The molecule has 4 amide bonds. The maximum absolute atomic E-state index is 12.9. The summed E-state index contributed by atoms with van der Waals surface area (Å²) in [6.07, 6.45) is -0.111. The molecule has 1 saturated heterocycles. The number of carbonyl (C=O) groups excluding carboxylic acids is 4. The fraction of sp³-hybridized carbons (Fsp3) is 0.800. The number of nitrogens with zero attached hydrogens (tertiary/aromatic N) is 2. The van der Waals surface area contributed by atoms with E-state index in [1.54, 1.807) is 6.92 Å². The number of ether oxygens (including phenoxy) is 1. The minimum absolute atomic E-state index is 0.00147. The molecule has 0 bridgehead atoms. The smallest absolute Gasteiger partial charge is 0.406 e. The highest BCUT2D eigenvalue weighted by Gasteiger charge is 2.55. The van der Waals surface area contributed by atoms with Gasteiger partial charge in [0, 0.05) is 6.04 Å². The number of urea groups is 1. The molecule has 1 N–H and O–H groups in total. The third-order valence-electron chi connectivity index (χ3n) is 6.61. The Balaban J connectivity index is 1.57. The van der Waals surface area contributed by atoms with Crippen LogP contribution in [0.15, 0.2) is 0 Å². The largest absolute Gasteiger partial charge is 0.454 e. The van der Waals surface area contributed by atoms with E-state index in [-0.39, 0.29) is 11.8 Å². The molecule has 8 nitrogen and oxygen atoms in total. The van der Waals surface area contributed by atoms with E-state index in [0.29, 0.717) is 11.3 Å². The summed E-state index contributed by atoms with van der Waals surface area (Å²) in [5.41, 5.74) is -1.03. The van der Waals surface area contributed by atoms with Gasteiger partial charge in [0.2, 0.25) is 0 Å². The highest BCUT2D eigenvalue weighted by molar-refractivity contribution is 6.09. The van der Waals surface area contributed by atoms with Gasteiger partial charge in [-0.2, -0.15) is 13.2 Å². The van der Waals surface area contributed by atoms with Crippen LogP contribution >= 0.6 is 0 Å². The second kappa shape index (κ2) is 8.66. The molecular formula is C20H28F3N3O5. The third-order valence-corrected chi connectivity index (χ3v) is 6.61. The fourth-order valence-corrected chi connectivity index (χ4v) is 4.52. The van der Waals surface area contributed by atoms with Crippen molar-refractivity contribution in [3.8, 4) is 0 Å². The van der Waals surface area contributed by atoms with Gasteiger partial charge in [-0.1, -0.05) is 19.8 Å². The third kappa shape index (κ3) is 5.12. The van der Waals surface area contributed by atoms with Gasteiger partial charge >= 0.3 is 18.2 Å². The molecule has 0 aromatic carbocycles. The zero-order chi connectivity index (χ0) is 23.0. The van der Waals surface area contributed by atoms with Crippen molar-refractivity contribution in [3.05, 3.63) is 0 Å². The molecular weight excluding hydrogens is 419 g/mol. The predicted molar refractivity (Wildman–Crippen MR) is 102 cm³/mol. The minimum Gasteiger partial charge on any atom is -0.454 e. The van der Waals surface area contributed by atoms with Crippen LogP contribution < -0.4 is 5.32 Å². The molecule has 11 heteroatoms. The summed E-state index contributed by atoms with van der Waals surface area (Å²) in [6, 6.07) is -1.32. The van der Waals surface area contributed by atoms with Gasteiger partial charge in [0.1, 0.15) is 18.6 Å². The summed E-state index contributed by atoms with van der Waals surface area (Å²) in [4.78, 5) is 51.1. The molecule has 1 spiro atoms. The van der Waals surface area contributed by atoms with E-state index < -0.39 is 61.3 Å². The Morgan fingerprint density at radius 1 is 1.26 bits per heavy atom. The maximum Gasteiger partial charge on any atom is 0.406 e. The lowest BCUT2D eigenvalue weighted by Crippen LogP contribution is -2.54. The van der Waals surface area contributed by atoms with Crippen molar-refractivity contribution in [2.24, 2.45) is 11.8 Å². The number of halogens is 3. The van der Waals surface area contributed by atoms with Crippen molar-refractivity contribution in [3.63, 3.8) is 0 Å². The molecule has 3 atom stereocenters. The Bertz CT molecular complexity index is 755. The Hall–Kier alpha value is -2.33. The zero-order valence-corrected chi connectivity index (χ0v) is 17.7. The van der Waals surface area contributed by atoms with E-state index >= 15 is 0 Å². The second-order valence-corrected chi connectivity index (χ2v) is 8.82. The number of imide groups is 1. The van der Waals surface area contributed by atoms with E-state index in [1.165, 1.54) is 0 Å². The summed E-state index contributed by atoms with van der Waals surface area (Å²) in [7, 11) is 0. The summed E-state index contributed by atoms with van der Waals surface area (Å²) in [6.45, 7) is 0.421. The summed E-state index contributed by atoms with van der Waals surface area (Å²) in [5, 5.41) is 2.70. The summed E-state index contributed by atoms with van der Waals surface area (Å²) >= 11 is 0. The van der Waals surface area contributed by atoms with Crippen molar-refractivity contribution in [1.82, 2.24) is 15.1 Å². The number of hydrogen-bond donors (Lipinski definition) is 1. The van der Waals surface area contributed by atoms with Crippen LogP contribution in [0.2, 0.25) is 0 Å². The van der Waals surface area contributed by atoms with Crippen LogP contribution in [0.25, 0.3) is 0 Å². The molecule has 3 rings (SSSR count). The fourth-order valence-electron chi connectivity index (χ4n) is 4.52. The molecule has 0 aromatic rings. The topological polar surface area (TPSA) is 96.0 Å². The quantitative estimate of drug-likeness (QED) is 0.477. The van der Waals surface area contributed by atoms with Crippen LogP contribution in [0.1, 0.15) is 52.4 Å². The zero-order valence-electron chi connectivity index (χ0n) is 17.7. The molecule has 174 valence electrons. The van der Waals surface area contributed by atoms with Gasteiger partial charge in [-0.3, -0.25) is 19.3 Å². The number of rotatable bonds is 7. The van der Waals surface area contributed by atoms with Crippen LogP contribution in [0, 0.1) is 11.8 Å². The first-order valence-electron chi connectivity index (χ1n) is 10.6. The van der Waals surface area contributed by atoms with E-state index in [1.807, 2.05) is 6.92 Å². The Morgan fingerprint density at radius 2 is 1.94 bits per heavy atom. The normalized spacial score (nSPS) is 27.3. The molecule has 2 saturated carbocycles. The monoisotopic (exact) mass is 447 g/mol. The van der Waals surface area contributed by atoms with Gasteiger partial charge < -0.3 is 15.0 Å². The van der Waals surface area contributed by atoms with E-state index in [9.17, 15) is 32.3 Å². The standard InChI is InChI=1S/C20H28F3N3O5/c1-12-5-3-4-8-19(12)17(29)25(18(30)24-19)9-16(28)31-10-15(27)26(11-20(21,22)23)13(2)14-6-7-14/h12-14H,3-11H2,1-2H3,(H,24,30)/t12-,13+,19-/m0/s1. The van der Waals surface area contributed by atoms with Crippen LogP contribution in [-0.4, -0.2) is 71.1 Å². The molecule has 3 aliphatic rings. The van der Waals surface area contributed by atoms with E-state index in [0.717, 1.165) is 37.0 Å². The molecule has 2 aliphatic carbocycles. The Morgan fingerprint density at radius 3 is 2.52 bits per heavy atom. The van der Waals surface area contributed by atoms with Crippen molar-refractivity contribution in [2.45, 2.75) is 70.1 Å². The number of nitrogens with one attached hydrogen (secondary N) is 1. The lowest BCUT2D eigenvalue weighted by atomic mass is 9.73. The van der Waals surface area contributed by atoms with Crippen molar-refractivity contribution in [1.29, 1.82) is 0 Å². The van der Waals surface area contributed by atoms with Gasteiger partial charge in [0.05, 0.1) is 0 Å². The molecule has 0 unspecified atom stereocenters. The average molecular weight is 447 g/mol. The number of esters is 1. The lowest BCUT2D eigenvalue weighted by molar-refractivity contribution is -0.171. The summed E-state index contributed by atoms with van der Waals surface area (Å²) in [5.74, 6) is -2.57. The minimum atomic E-state index is -4.58. The first-order chi connectivity index (χ1) is 14.4. The predicted octanol–water partition coefficient (Wildman–Crippen LogP) is 2.22. The maximum atomic E-state index is 12.9. The van der Waals surface area contributed by atoms with Crippen molar-refractivity contribution < 1.29 is 37.1 Å². The first-order valence-corrected chi connectivity index (χ1v) is 10.6. The Labute approximate surface area is 178 Å². The summed E-state index contributed by atoms with van der Waals surface area (Å²) < 4.78 is 43.5. The Kier molecular flexibility index (Phi) is 6.52. The van der Waals surface area contributed by atoms with Gasteiger partial charge in [0.25, 0.3) is 11.8 Å². The van der Waals surface area contributed by atoms with Crippen LogP contribution in [0.4, 0.5) is 18.0 Å². The van der Waals surface area contributed by atoms with Crippen molar-refractivity contribution in [2.75, 3.05) is 19.7 Å². The first kappa shape index (κ1) is 23.3. The van der Waals surface area contributed by atoms with Gasteiger partial charge in [0.15, 0.2) is 6.61 Å². The number of alkyl halides is 3. The molecule has 0 aromatic heterocycles. The SMILES string of the molecule is C[C@H](C1CC1)N(CC(F)(F)F)C(=O)COC(=O)CN1C(=O)N[C@]2(CCCC[C@@H]2C)C1=O. The van der Waals surface area contributed by atoms with E-state index in [2.05, 4.69) is 5.32 Å². The van der Waals surface area contributed by atoms with Gasteiger partial charge in [-0.25, -0.2) is 4.79 Å². The number of carbonyl (C=O) groups is 4. The highest BCUT2D eigenvalue weighted by Crippen LogP contribution is 2.38.